The summed E-state index contributed by atoms with van der Waals surface area (Å²) in [5.41, 5.74) is 23.2. The molecule has 0 fully saturated rings. The van der Waals surface area contributed by atoms with Gasteiger partial charge in [0.1, 0.15) is 0 Å². The molecule has 0 aliphatic carbocycles. The Bertz CT molecular complexity index is 5780. The number of fused-ring (bicyclic) bond motifs is 11. The molecule has 92 heavy (non-hydrogen) atoms. The number of hydrogen-bond acceptors (Lipinski definition) is 5. The number of rotatable bonds is 9. The van der Waals surface area contributed by atoms with Gasteiger partial charge in [-0.2, -0.15) is 0 Å². The molecule has 0 atom stereocenters. The van der Waals surface area contributed by atoms with E-state index in [4.69, 9.17) is 2.74 Å². The molecule has 6 nitrogen and oxygen atoms in total. The highest BCUT2D eigenvalue weighted by Gasteiger charge is 2.49. The van der Waals surface area contributed by atoms with E-state index in [0.29, 0.717) is 5.69 Å². The Morgan fingerprint density at radius 2 is 0.652 bits per heavy atom. The van der Waals surface area contributed by atoms with Crippen molar-refractivity contribution in [2.24, 2.45) is 0 Å². The van der Waals surface area contributed by atoms with Gasteiger partial charge in [0, 0.05) is 90.3 Å². The van der Waals surface area contributed by atoms with Gasteiger partial charge in [-0.05, 0) is 160 Å². The Morgan fingerprint density at radius 3 is 1.15 bits per heavy atom. The molecule has 15 aromatic rings. The number of para-hydroxylation sites is 10. The Morgan fingerprint density at radius 1 is 0.272 bits per heavy atom. The monoisotopic (exact) mass is 1180 g/mol. The lowest BCUT2D eigenvalue weighted by Crippen LogP contribution is -2.65. The zero-order valence-electron chi connectivity index (χ0n) is 57.6. The maximum Gasteiger partial charge on any atom is 0.252 e. The predicted molar refractivity (Wildman–Crippen MR) is 389 cm³/mol. The predicted octanol–water partition coefficient (Wildman–Crippen LogP) is 18.1. The summed E-state index contributed by atoms with van der Waals surface area (Å²) >= 11 is 0. The molecular formula is C84H56B2N6. The maximum atomic E-state index is 9.78. The molecular weight excluding hydrogens is 1110 g/mol. The number of anilines is 15. The van der Waals surface area contributed by atoms with Gasteiger partial charge < -0.3 is 29.1 Å². The molecule has 0 bridgehead atoms. The summed E-state index contributed by atoms with van der Waals surface area (Å²) in [6, 6.07) is 99.6. The van der Waals surface area contributed by atoms with Gasteiger partial charge in [0.2, 0.25) is 0 Å². The van der Waals surface area contributed by atoms with Crippen LogP contribution in [0.4, 0.5) is 85.3 Å². The minimum Gasteiger partial charge on any atom is -0.311 e. The molecule has 4 aliphatic rings. The summed E-state index contributed by atoms with van der Waals surface area (Å²) in [6.07, 6.45) is 0. The van der Waals surface area contributed by atoms with Crippen molar-refractivity contribution >= 4 is 153 Å². The fourth-order valence-corrected chi connectivity index (χ4v) is 15.3. The third-order valence-corrected chi connectivity index (χ3v) is 18.9. The normalized spacial score (nSPS) is 14.3. The zero-order valence-corrected chi connectivity index (χ0v) is 49.6. The van der Waals surface area contributed by atoms with E-state index in [0.717, 1.165) is 129 Å². The van der Waals surface area contributed by atoms with Gasteiger partial charge in [-0.3, -0.25) is 0 Å². The van der Waals surface area contributed by atoms with E-state index >= 15 is 0 Å². The summed E-state index contributed by atoms with van der Waals surface area (Å²) in [6.45, 7) is -0.748. The Kier molecular flexibility index (Phi) is 10.1. The number of hydrogen-bond donors (Lipinski definition) is 0. The van der Waals surface area contributed by atoms with E-state index in [-0.39, 0.29) is 40.6 Å². The fraction of sp³-hybridized carbons (Fsp3) is 0. The Hall–Kier alpha value is -12.0. The topological polar surface area (TPSA) is 21.1 Å². The van der Waals surface area contributed by atoms with Gasteiger partial charge in [-0.1, -0.05) is 218 Å². The molecule has 0 N–H and O–H groups in total. The van der Waals surface area contributed by atoms with Crippen LogP contribution in [0.1, 0.15) is 11.0 Å². The Labute approximate surface area is 547 Å². The molecule has 0 saturated heterocycles. The highest BCUT2D eigenvalue weighted by molar-refractivity contribution is 7.03. The molecule has 19 rings (SSSR count). The number of nitrogens with zero attached hydrogens (tertiary/aromatic N) is 6. The van der Waals surface area contributed by atoms with E-state index < -0.39 is 43.0 Å². The second-order valence-electron chi connectivity index (χ2n) is 23.8. The molecule has 5 heterocycles. The van der Waals surface area contributed by atoms with Gasteiger partial charge >= 0.3 is 0 Å². The smallest absolute Gasteiger partial charge is 0.252 e. The first kappa shape index (κ1) is 44.4. The Balaban J connectivity index is 0.974. The van der Waals surface area contributed by atoms with E-state index in [2.05, 4.69) is 279 Å². The van der Waals surface area contributed by atoms with Crippen LogP contribution in [0.5, 0.6) is 0 Å². The zero-order chi connectivity index (χ0) is 67.3. The molecule has 428 valence electrons. The van der Waals surface area contributed by atoms with Crippen LogP contribution in [0, 0.1) is 0 Å². The van der Waals surface area contributed by atoms with Crippen LogP contribution in [0.15, 0.2) is 340 Å². The largest absolute Gasteiger partial charge is 0.311 e. The van der Waals surface area contributed by atoms with Crippen molar-refractivity contribution in [3.05, 3.63) is 340 Å². The lowest BCUT2D eigenvalue weighted by atomic mass is 9.30. The van der Waals surface area contributed by atoms with Crippen LogP contribution in [-0.2, 0) is 0 Å². The van der Waals surface area contributed by atoms with Crippen molar-refractivity contribution in [3.63, 3.8) is 0 Å². The molecule has 1 aromatic heterocycles. The molecule has 0 amide bonds. The van der Waals surface area contributed by atoms with Crippen LogP contribution in [-0.4, -0.2) is 18.0 Å². The van der Waals surface area contributed by atoms with Gasteiger partial charge in [-0.15, -0.1) is 0 Å². The van der Waals surface area contributed by atoms with Gasteiger partial charge in [-0.25, -0.2) is 0 Å². The summed E-state index contributed by atoms with van der Waals surface area (Å²) in [4.78, 5) is 11.9. The maximum absolute atomic E-state index is 9.78. The highest BCUT2D eigenvalue weighted by Crippen LogP contribution is 2.53. The number of benzene rings is 14. The summed E-state index contributed by atoms with van der Waals surface area (Å²) in [5, 5.41) is 0.0161. The van der Waals surface area contributed by atoms with Crippen molar-refractivity contribution in [1.82, 2.24) is 4.57 Å². The standard InChI is InChI=1S/C84H56B2N6/c1-7-29-57(30-8-1)65-41-19-24-46-72(65)92-78-56-77-70(55-71(78)86-69-45-23-28-50-76(69)88(60-35-13-4-14-36-60)79-51-63(52-82(92)84(79)86)87(58-31-9-2-10-32-58)59-33-11-3-12-34-59)85-68-44-22-27-49-75(68)89(61-37-15-5-16-38-61)80-53-64(54-81(83(80)85)90(77)62-39-17-6-18-40-62)91-73-47-25-20-42-66(73)67-43-21-26-48-74(67)91/h1-56H/i20D,21D,25D,26D,42D,43D,47D,48D. The van der Waals surface area contributed by atoms with Crippen LogP contribution >= 0.6 is 0 Å². The van der Waals surface area contributed by atoms with Gasteiger partial charge in [0.15, 0.2) is 0 Å². The molecule has 4 aliphatic heterocycles. The fourth-order valence-electron chi connectivity index (χ4n) is 15.3. The molecule has 0 spiro atoms. The summed E-state index contributed by atoms with van der Waals surface area (Å²) in [5.74, 6) is 0. The first-order chi connectivity index (χ1) is 49.0. The highest BCUT2D eigenvalue weighted by atomic mass is 15.2. The first-order valence-corrected chi connectivity index (χ1v) is 31.2. The number of aromatic nitrogens is 1. The summed E-state index contributed by atoms with van der Waals surface area (Å²) in [7, 11) is 0. The van der Waals surface area contributed by atoms with E-state index in [1.165, 1.54) is 0 Å². The molecule has 0 unspecified atom stereocenters. The first-order valence-electron chi connectivity index (χ1n) is 35.2. The lowest BCUT2D eigenvalue weighted by molar-refractivity contribution is 1.16. The van der Waals surface area contributed by atoms with E-state index in [9.17, 15) is 8.22 Å². The SMILES string of the molecule is [2H]c1c([2H])c([2H])c2c(c1[2H])c1c([2H])c([2H])c([2H])c([2H])c1n2-c1cc2c3c(c1)N(c1ccccc1)c1cc4c(cc1B3c1ccccc1N2c1ccccc1)B1c2ccccc2N(c2ccccc2)c2cc(N(c3ccccc3)c3ccccc3)cc(c21)N4c1ccccc1-c1ccccc1. The van der Waals surface area contributed by atoms with Crippen molar-refractivity contribution in [2.45, 2.75) is 0 Å². The third-order valence-electron chi connectivity index (χ3n) is 18.9. The molecule has 0 saturated carbocycles. The van der Waals surface area contributed by atoms with Crippen LogP contribution in [0.3, 0.4) is 0 Å². The van der Waals surface area contributed by atoms with Crippen molar-refractivity contribution in [1.29, 1.82) is 0 Å². The lowest BCUT2D eigenvalue weighted by Gasteiger charge is -2.48. The quantitative estimate of drug-likeness (QED) is 0.134. The van der Waals surface area contributed by atoms with Crippen LogP contribution in [0.2, 0.25) is 0 Å². The molecule has 0 radical (unpaired) electrons. The average molecular weight is 1180 g/mol. The van der Waals surface area contributed by atoms with Crippen LogP contribution < -0.4 is 57.3 Å². The third kappa shape index (κ3) is 7.83. The van der Waals surface area contributed by atoms with Gasteiger partial charge in [0.25, 0.3) is 13.4 Å². The van der Waals surface area contributed by atoms with Gasteiger partial charge in [0.05, 0.1) is 39.1 Å². The van der Waals surface area contributed by atoms with Crippen molar-refractivity contribution in [3.8, 4) is 16.8 Å². The minimum absolute atomic E-state index is 0.00805. The minimum atomic E-state index is -0.500. The average Bonchev–Trinajstić information content (AvgIpc) is 0.992. The second-order valence-corrected chi connectivity index (χ2v) is 23.8. The van der Waals surface area contributed by atoms with E-state index in [1.54, 1.807) is 4.57 Å². The van der Waals surface area contributed by atoms with Crippen molar-refractivity contribution < 1.29 is 11.0 Å². The molecule has 14 aromatic carbocycles. The van der Waals surface area contributed by atoms with E-state index in [1.807, 2.05) is 36.4 Å². The van der Waals surface area contributed by atoms with Crippen molar-refractivity contribution in [2.75, 3.05) is 24.5 Å². The second kappa shape index (κ2) is 20.8. The molecule has 8 heteroatoms. The summed E-state index contributed by atoms with van der Waals surface area (Å²) < 4.78 is 76.7. The van der Waals surface area contributed by atoms with Crippen LogP contribution in [0.25, 0.3) is 38.6 Å².